The summed E-state index contributed by atoms with van der Waals surface area (Å²) in [6.45, 7) is 3.90. The lowest BCUT2D eigenvalue weighted by molar-refractivity contribution is -0.343. The Morgan fingerprint density at radius 1 is 0.692 bits per heavy atom. The summed E-state index contributed by atoms with van der Waals surface area (Å²) in [5.41, 5.74) is 3.94. The minimum Gasteiger partial charge on any atom is -0.426 e. The van der Waals surface area contributed by atoms with Gasteiger partial charge in [-0.2, -0.15) is 0 Å². The molecule has 0 aromatic heterocycles. The summed E-state index contributed by atoms with van der Waals surface area (Å²) in [5.74, 6) is -1.45. The first-order valence-electron chi connectivity index (χ1n) is 13.1. The number of nitrogens with zero attached hydrogens (tertiary/aromatic N) is 2. The first-order valence-corrected chi connectivity index (χ1v) is 13.1. The molecule has 0 atom stereocenters. The molecule has 4 aromatic carbocycles. The van der Waals surface area contributed by atoms with Gasteiger partial charge in [0, 0.05) is 57.3 Å². The van der Waals surface area contributed by atoms with Gasteiger partial charge in [0.25, 0.3) is 5.78 Å². The van der Waals surface area contributed by atoms with Crippen molar-refractivity contribution < 1.29 is 19.0 Å². The van der Waals surface area contributed by atoms with E-state index < -0.39 is 5.97 Å². The molecule has 0 unspecified atom stereocenters. The highest BCUT2D eigenvalue weighted by Crippen LogP contribution is 2.36. The van der Waals surface area contributed by atoms with Crippen molar-refractivity contribution in [2.24, 2.45) is 0 Å². The van der Waals surface area contributed by atoms with E-state index in [1.807, 2.05) is 71.5 Å². The van der Waals surface area contributed by atoms with Crippen molar-refractivity contribution in [3.05, 3.63) is 95.4 Å². The number of hydrogen-bond acceptors (Lipinski definition) is 6. The molecule has 0 bridgehead atoms. The minimum atomic E-state index is -1.45. The SMILES string of the molecule is CCOC1(C)O/C(=C\c2ccc(N(C)C)c3ccccc23)C(=O)/C(=C/c2ccc(N(C)C)c3ccccc23)O1. The molecule has 0 saturated carbocycles. The highest BCUT2D eigenvalue weighted by Gasteiger charge is 2.41. The van der Waals surface area contributed by atoms with Crippen LogP contribution in [0, 0.1) is 0 Å². The van der Waals surface area contributed by atoms with E-state index in [9.17, 15) is 4.79 Å². The maximum Gasteiger partial charge on any atom is 0.368 e. The fourth-order valence-electron chi connectivity index (χ4n) is 5.07. The third kappa shape index (κ3) is 5.08. The van der Waals surface area contributed by atoms with E-state index in [1.54, 1.807) is 19.1 Å². The van der Waals surface area contributed by atoms with Crippen molar-refractivity contribution in [3.63, 3.8) is 0 Å². The summed E-state index contributed by atoms with van der Waals surface area (Å²) in [6, 6.07) is 24.4. The topological polar surface area (TPSA) is 51.2 Å². The third-order valence-corrected chi connectivity index (χ3v) is 6.85. The molecule has 6 nitrogen and oxygen atoms in total. The van der Waals surface area contributed by atoms with E-state index in [-0.39, 0.29) is 17.3 Å². The zero-order valence-electron chi connectivity index (χ0n) is 23.3. The van der Waals surface area contributed by atoms with E-state index in [4.69, 9.17) is 14.2 Å². The van der Waals surface area contributed by atoms with Crippen LogP contribution in [0.15, 0.2) is 84.3 Å². The molecule has 0 spiro atoms. The summed E-state index contributed by atoms with van der Waals surface area (Å²) in [5, 5.41) is 4.22. The van der Waals surface area contributed by atoms with Crippen molar-refractivity contribution in [2.75, 3.05) is 44.6 Å². The number of hydrogen-bond donors (Lipinski definition) is 0. The second-order valence-corrected chi connectivity index (χ2v) is 10.1. The molecular formula is C33H34N2O4. The largest absolute Gasteiger partial charge is 0.426 e. The van der Waals surface area contributed by atoms with Gasteiger partial charge >= 0.3 is 5.97 Å². The molecule has 4 aromatic rings. The molecule has 1 fully saturated rings. The molecule has 6 heteroatoms. The molecule has 0 radical (unpaired) electrons. The van der Waals surface area contributed by atoms with Gasteiger partial charge in [-0.15, -0.1) is 0 Å². The van der Waals surface area contributed by atoms with Gasteiger partial charge in [-0.1, -0.05) is 60.7 Å². The van der Waals surface area contributed by atoms with Gasteiger partial charge in [0.2, 0.25) is 0 Å². The van der Waals surface area contributed by atoms with Crippen LogP contribution in [0.4, 0.5) is 11.4 Å². The molecule has 0 aliphatic carbocycles. The number of benzene rings is 4. The fourth-order valence-corrected chi connectivity index (χ4v) is 5.07. The summed E-state index contributed by atoms with van der Waals surface area (Å²) < 4.78 is 18.0. The molecule has 1 aliphatic heterocycles. The normalized spacial score (nSPS) is 19.4. The maximum atomic E-state index is 13.8. The average Bonchev–Trinajstić information content (AvgIpc) is 2.91. The Labute approximate surface area is 229 Å². The van der Waals surface area contributed by atoms with Crippen molar-refractivity contribution >= 4 is 50.9 Å². The lowest BCUT2D eigenvalue weighted by atomic mass is 9.99. The monoisotopic (exact) mass is 522 g/mol. The number of ether oxygens (including phenoxy) is 3. The predicted octanol–water partition coefficient (Wildman–Crippen LogP) is 6.83. The van der Waals surface area contributed by atoms with Crippen LogP contribution in [-0.2, 0) is 19.0 Å². The number of rotatable bonds is 6. The highest BCUT2D eigenvalue weighted by atomic mass is 16.9. The van der Waals surface area contributed by atoms with E-state index in [0.717, 1.165) is 44.0 Å². The lowest BCUT2D eigenvalue weighted by Crippen LogP contribution is -2.42. The first kappa shape index (κ1) is 26.3. The van der Waals surface area contributed by atoms with Gasteiger partial charge in [-0.3, -0.25) is 4.79 Å². The third-order valence-electron chi connectivity index (χ3n) is 6.85. The zero-order valence-corrected chi connectivity index (χ0v) is 23.3. The summed E-state index contributed by atoms with van der Waals surface area (Å²) >= 11 is 0. The summed E-state index contributed by atoms with van der Waals surface area (Å²) in [7, 11) is 8.07. The van der Waals surface area contributed by atoms with Crippen molar-refractivity contribution in [3.8, 4) is 0 Å². The second-order valence-electron chi connectivity index (χ2n) is 10.1. The minimum absolute atomic E-state index is 0.167. The van der Waals surface area contributed by atoms with Crippen LogP contribution in [0.5, 0.6) is 0 Å². The van der Waals surface area contributed by atoms with Crippen molar-refractivity contribution in [1.82, 2.24) is 0 Å². The highest BCUT2D eigenvalue weighted by molar-refractivity contribution is 6.13. The molecule has 1 aliphatic rings. The Bertz CT molecular complexity index is 1500. The number of carbonyl (C=O) groups excluding carboxylic acids is 1. The van der Waals surface area contributed by atoms with E-state index in [2.05, 4.69) is 46.2 Å². The molecule has 5 rings (SSSR count). The first-order chi connectivity index (χ1) is 18.7. The van der Waals surface area contributed by atoms with Crippen molar-refractivity contribution in [1.29, 1.82) is 0 Å². The zero-order chi connectivity index (χ0) is 27.7. The van der Waals surface area contributed by atoms with Crippen LogP contribution in [0.2, 0.25) is 0 Å². The second kappa shape index (κ2) is 10.5. The van der Waals surface area contributed by atoms with Crippen molar-refractivity contribution in [2.45, 2.75) is 19.8 Å². The molecule has 200 valence electrons. The molecule has 39 heavy (non-hydrogen) atoms. The number of ketones is 1. The van der Waals surface area contributed by atoms with Gasteiger partial charge in [0.1, 0.15) is 0 Å². The Hall–Kier alpha value is -4.29. The van der Waals surface area contributed by atoms with E-state index in [1.165, 1.54) is 0 Å². The molecule has 0 N–H and O–H groups in total. The number of fused-ring (bicyclic) bond motifs is 2. The van der Waals surface area contributed by atoms with Gasteiger partial charge in [0.15, 0.2) is 11.5 Å². The average molecular weight is 523 g/mol. The van der Waals surface area contributed by atoms with Crippen LogP contribution < -0.4 is 9.80 Å². The van der Waals surface area contributed by atoms with Crippen LogP contribution in [0.3, 0.4) is 0 Å². The Morgan fingerprint density at radius 2 is 1.10 bits per heavy atom. The number of carbonyl (C=O) groups is 1. The van der Waals surface area contributed by atoms with Gasteiger partial charge in [-0.05, 0) is 53.1 Å². The standard InChI is InChI=1S/C33H34N2O4/c1-7-37-33(2)38-30(20-22-16-18-28(34(3)4)26-14-10-8-12-24(22)26)32(36)31(39-33)21-23-17-19-29(35(5)6)27-15-11-9-13-25(23)27/h8-21H,7H2,1-6H3/b30-20-,31-21-. The predicted molar refractivity (Wildman–Crippen MR) is 160 cm³/mol. The van der Waals surface area contributed by atoms with Gasteiger partial charge in [0.05, 0.1) is 6.61 Å². The number of anilines is 2. The van der Waals surface area contributed by atoms with Gasteiger partial charge in [-0.25, -0.2) is 0 Å². The lowest BCUT2D eigenvalue weighted by Gasteiger charge is -2.35. The fraction of sp³-hybridized carbons (Fsp3) is 0.242. The summed E-state index contributed by atoms with van der Waals surface area (Å²) in [6.07, 6.45) is 3.57. The van der Waals surface area contributed by atoms with E-state index >= 15 is 0 Å². The van der Waals surface area contributed by atoms with Crippen LogP contribution in [0.25, 0.3) is 33.7 Å². The summed E-state index contributed by atoms with van der Waals surface area (Å²) in [4.78, 5) is 17.9. The smallest absolute Gasteiger partial charge is 0.368 e. The Balaban J connectivity index is 1.64. The Kier molecular flexibility index (Phi) is 7.06. The quantitative estimate of drug-likeness (QED) is 0.259. The molecule has 1 saturated heterocycles. The number of Topliss-reactive ketones (excluding diaryl/α,β-unsaturated/α-hetero) is 1. The van der Waals surface area contributed by atoms with Gasteiger partial charge < -0.3 is 24.0 Å². The van der Waals surface area contributed by atoms with Crippen LogP contribution in [-0.4, -0.2) is 46.6 Å². The van der Waals surface area contributed by atoms with Crippen LogP contribution in [0.1, 0.15) is 25.0 Å². The van der Waals surface area contributed by atoms with E-state index in [0.29, 0.717) is 6.61 Å². The molecular weight excluding hydrogens is 488 g/mol. The molecule has 1 heterocycles. The Morgan fingerprint density at radius 3 is 1.49 bits per heavy atom. The maximum absolute atomic E-state index is 13.8. The molecule has 0 amide bonds. The van der Waals surface area contributed by atoms with Crippen LogP contribution >= 0.6 is 0 Å².